The fourth-order valence-electron chi connectivity index (χ4n) is 3.97. The number of nitrogens with one attached hydrogen (secondary N) is 1. The largest absolute Gasteiger partial charge is 0.462 e. The molecule has 0 spiro atoms. The summed E-state index contributed by atoms with van der Waals surface area (Å²) in [5.74, 6) is -1.54. The molecule has 0 aliphatic heterocycles. The molecule has 2 aromatic carbocycles. The minimum Gasteiger partial charge on any atom is -0.462 e. The highest BCUT2D eigenvalue weighted by Gasteiger charge is 2.28. The summed E-state index contributed by atoms with van der Waals surface area (Å²) in [6, 6.07) is 16.1. The molecule has 37 heavy (non-hydrogen) atoms. The van der Waals surface area contributed by atoms with E-state index in [0.717, 1.165) is 32.5 Å². The van der Waals surface area contributed by atoms with Crippen molar-refractivity contribution in [3.8, 4) is 0 Å². The molecule has 0 fully saturated rings. The van der Waals surface area contributed by atoms with Crippen LogP contribution in [0.4, 0.5) is 5.00 Å². The van der Waals surface area contributed by atoms with E-state index in [1.165, 1.54) is 23.0 Å². The number of anilines is 1. The van der Waals surface area contributed by atoms with Gasteiger partial charge in [-0.3, -0.25) is 4.79 Å². The number of carbonyl (C=O) groups excluding carboxylic acids is 3. The lowest BCUT2D eigenvalue weighted by molar-refractivity contribution is 0.0527. The van der Waals surface area contributed by atoms with Gasteiger partial charge in [0, 0.05) is 4.70 Å². The van der Waals surface area contributed by atoms with Crippen molar-refractivity contribution in [2.45, 2.75) is 27.2 Å². The lowest BCUT2D eigenvalue weighted by atomic mass is 10.0. The van der Waals surface area contributed by atoms with E-state index in [2.05, 4.69) is 36.2 Å². The lowest BCUT2D eigenvalue weighted by Gasteiger charge is -2.08. The van der Waals surface area contributed by atoms with Crippen LogP contribution >= 0.6 is 22.7 Å². The highest BCUT2D eigenvalue weighted by Crippen LogP contribution is 2.37. The third kappa shape index (κ3) is 5.65. The molecule has 2 aromatic heterocycles. The number of rotatable bonds is 9. The summed E-state index contributed by atoms with van der Waals surface area (Å²) in [5, 5.41) is 4.16. The van der Waals surface area contributed by atoms with Gasteiger partial charge in [0.1, 0.15) is 16.5 Å². The molecule has 4 aromatic rings. The fraction of sp³-hybridized carbons (Fsp3) is 0.207. The van der Waals surface area contributed by atoms with E-state index in [1.807, 2.05) is 31.2 Å². The molecule has 190 valence electrons. The van der Waals surface area contributed by atoms with E-state index in [9.17, 15) is 14.4 Å². The van der Waals surface area contributed by atoms with Gasteiger partial charge < -0.3 is 14.8 Å². The summed E-state index contributed by atoms with van der Waals surface area (Å²) in [5.41, 5.74) is 3.74. The minimum absolute atomic E-state index is 0.0385. The quantitative estimate of drug-likeness (QED) is 0.186. The van der Waals surface area contributed by atoms with Crippen LogP contribution in [0.3, 0.4) is 0 Å². The number of thiophene rings is 2. The minimum atomic E-state index is -0.606. The van der Waals surface area contributed by atoms with Crippen molar-refractivity contribution in [3.63, 3.8) is 0 Å². The first-order valence-electron chi connectivity index (χ1n) is 11.8. The predicted octanol–water partition coefficient (Wildman–Crippen LogP) is 6.94. The number of hydrogen-bond acceptors (Lipinski definition) is 7. The van der Waals surface area contributed by atoms with E-state index < -0.39 is 11.9 Å². The molecule has 6 nitrogen and oxygen atoms in total. The van der Waals surface area contributed by atoms with Gasteiger partial charge in [0.15, 0.2) is 0 Å². The zero-order valence-electron chi connectivity index (χ0n) is 20.9. The van der Waals surface area contributed by atoms with Crippen molar-refractivity contribution in [2.24, 2.45) is 0 Å². The van der Waals surface area contributed by atoms with Crippen LogP contribution in [0.5, 0.6) is 0 Å². The molecule has 0 saturated carbocycles. The van der Waals surface area contributed by atoms with E-state index in [4.69, 9.17) is 9.47 Å². The van der Waals surface area contributed by atoms with Crippen molar-refractivity contribution >= 4 is 55.6 Å². The molecular weight excluding hydrogens is 506 g/mol. The number of benzene rings is 2. The highest BCUT2D eigenvalue weighted by atomic mass is 32.1. The Balaban J connectivity index is 1.74. The number of amides is 1. The molecule has 0 unspecified atom stereocenters. The first-order valence-corrected chi connectivity index (χ1v) is 13.4. The molecule has 0 radical (unpaired) electrons. The third-order valence-corrected chi connectivity index (χ3v) is 8.18. The SMILES string of the molecule is C=CCOC(=O)c1sc(NC(=O)c2sc3ccccc3c2Cc2ccc(C)cc2)c(C(=O)OCC)c1C. The monoisotopic (exact) mass is 533 g/mol. The summed E-state index contributed by atoms with van der Waals surface area (Å²) < 4.78 is 11.4. The maximum absolute atomic E-state index is 13.7. The van der Waals surface area contributed by atoms with Crippen molar-refractivity contribution in [1.82, 2.24) is 0 Å². The zero-order valence-corrected chi connectivity index (χ0v) is 22.5. The third-order valence-electron chi connectivity index (χ3n) is 5.78. The number of ether oxygens (including phenoxy) is 2. The van der Waals surface area contributed by atoms with E-state index in [0.29, 0.717) is 16.9 Å². The number of aryl methyl sites for hydroxylation is 1. The van der Waals surface area contributed by atoms with Gasteiger partial charge in [0.25, 0.3) is 5.91 Å². The van der Waals surface area contributed by atoms with Crippen LogP contribution in [-0.2, 0) is 15.9 Å². The number of hydrogen-bond donors (Lipinski definition) is 1. The molecule has 0 bridgehead atoms. The van der Waals surface area contributed by atoms with Gasteiger partial charge in [-0.05, 0) is 55.3 Å². The van der Waals surface area contributed by atoms with Crippen LogP contribution in [0, 0.1) is 13.8 Å². The zero-order chi connectivity index (χ0) is 26.5. The van der Waals surface area contributed by atoms with E-state index in [-0.39, 0.29) is 34.6 Å². The second-order valence-electron chi connectivity index (χ2n) is 8.39. The molecule has 2 heterocycles. The van der Waals surface area contributed by atoms with Crippen LogP contribution in [0.2, 0.25) is 0 Å². The van der Waals surface area contributed by atoms with Crippen molar-refractivity contribution in [3.05, 3.63) is 98.8 Å². The number of esters is 2. The summed E-state index contributed by atoms with van der Waals surface area (Å²) >= 11 is 2.40. The molecule has 4 rings (SSSR count). The van der Waals surface area contributed by atoms with Crippen molar-refractivity contribution in [2.75, 3.05) is 18.5 Å². The molecule has 8 heteroatoms. The van der Waals surface area contributed by atoms with Crippen molar-refractivity contribution < 1.29 is 23.9 Å². The Morgan fingerprint density at radius 3 is 2.38 bits per heavy atom. The predicted molar refractivity (Wildman–Crippen MR) is 149 cm³/mol. The van der Waals surface area contributed by atoms with Crippen LogP contribution in [0.1, 0.15) is 58.9 Å². The smallest absolute Gasteiger partial charge is 0.348 e. The number of carbonyl (C=O) groups is 3. The van der Waals surface area contributed by atoms with Gasteiger partial charge in [-0.2, -0.15) is 0 Å². The average Bonchev–Trinajstić information content (AvgIpc) is 3.41. The second-order valence-corrected chi connectivity index (χ2v) is 10.5. The highest BCUT2D eigenvalue weighted by molar-refractivity contribution is 7.21. The molecular formula is C29H27NO5S2. The normalized spacial score (nSPS) is 10.8. The first kappa shape index (κ1) is 26.3. The molecule has 0 atom stereocenters. The summed E-state index contributed by atoms with van der Waals surface area (Å²) in [6.45, 7) is 9.13. The van der Waals surface area contributed by atoms with Gasteiger partial charge in [0.2, 0.25) is 0 Å². The fourth-order valence-corrected chi connectivity index (χ4v) is 6.17. The molecule has 1 N–H and O–H groups in total. The van der Waals surface area contributed by atoms with Crippen LogP contribution < -0.4 is 5.32 Å². The van der Waals surface area contributed by atoms with Gasteiger partial charge in [0.05, 0.1) is 17.0 Å². The van der Waals surface area contributed by atoms with Gasteiger partial charge in [-0.1, -0.05) is 60.7 Å². The van der Waals surface area contributed by atoms with Crippen LogP contribution in [0.15, 0.2) is 61.2 Å². The Hall–Kier alpha value is -3.75. The molecule has 1 amide bonds. The number of fused-ring (bicyclic) bond motifs is 1. The molecule has 0 aliphatic carbocycles. The van der Waals surface area contributed by atoms with Crippen LogP contribution in [0.25, 0.3) is 10.1 Å². The maximum atomic E-state index is 13.7. The Morgan fingerprint density at radius 1 is 0.946 bits per heavy atom. The lowest BCUT2D eigenvalue weighted by Crippen LogP contribution is -2.15. The Labute approximate surface area is 223 Å². The second kappa shape index (κ2) is 11.5. The van der Waals surface area contributed by atoms with E-state index >= 15 is 0 Å². The van der Waals surface area contributed by atoms with Crippen LogP contribution in [-0.4, -0.2) is 31.1 Å². The topological polar surface area (TPSA) is 81.7 Å². The average molecular weight is 534 g/mol. The summed E-state index contributed by atoms with van der Waals surface area (Å²) in [4.78, 5) is 39.9. The standard InChI is InChI=1S/C29H27NO5S2/c1-5-15-35-29(33)24-18(4)23(28(32)34-6-2)27(37-24)30-26(31)25-21(16-19-13-11-17(3)12-14-19)20-9-7-8-10-22(20)36-25/h5,7-14H,1,6,15-16H2,2-4H3,(H,30,31). The summed E-state index contributed by atoms with van der Waals surface area (Å²) in [7, 11) is 0. The van der Waals surface area contributed by atoms with E-state index in [1.54, 1.807) is 13.8 Å². The summed E-state index contributed by atoms with van der Waals surface area (Å²) in [6.07, 6.45) is 2.05. The van der Waals surface area contributed by atoms with Gasteiger partial charge in [-0.25, -0.2) is 9.59 Å². The molecule has 0 saturated heterocycles. The Morgan fingerprint density at radius 2 is 1.68 bits per heavy atom. The van der Waals surface area contributed by atoms with Crippen molar-refractivity contribution in [1.29, 1.82) is 0 Å². The van der Waals surface area contributed by atoms with Gasteiger partial charge >= 0.3 is 11.9 Å². The Bertz CT molecular complexity index is 1480. The Kier molecular flexibility index (Phi) is 8.21. The van der Waals surface area contributed by atoms with Gasteiger partial charge in [-0.15, -0.1) is 22.7 Å². The maximum Gasteiger partial charge on any atom is 0.348 e. The first-order chi connectivity index (χ1) is 17.8. The molecule has 0 aliphatic rings.